The van der Waals surface area contributed by atoms with Gasteiger partial charge >= 0.3 is 0 Å². The van der Waals surface area contributed by atoms with Crippen LogP contribution in [0.3, 0.4) is 0 Å². The van der Waals surface area contributed by atoms with Gasteiger partial charge in [0.2, 0.25) is 0 Å². The molecule has 0 saturated heterocycles. The van der Waals surface area contributed by atoms with Crippen LogP contribution in [-0.2, 0) is 4.79 Å². The van der Waals surface area contributed by atoms with E-state index in [4.69, 9.17) is 23.2 Å². The summed E-state index contributed by atoms with van der Waals surface area (Å²) in [5.74, 6) is -0.265. The minimum absolute atomic E-state index is 0.265. The van der Waals surface area contributed by atoms with Crippen molar-refractivity contribution in [3.8, 4) is 0 Å². The number of carbonyl (C=O) groups is 1. The number of amides is 1. The molecular formula is C19H18Cl2N2O2S. The van der Waals surface area contributed by atoms with Crippen molar-refractivity contribution >= 4 is 47.1 Å². The van der Waals surface area contributed by atoms with Gasteiger partial charge in [-0.05, 0) is 48.2 Å². The number of rotatable bonds is 4. The molecule has 0 saturated carbocycles. The third-order valence-corrected chi connectivity index (χ3v) is 5.87. The molecule has 4 nitrogen and oxygen atoms in total. The summed E-state index contributed by atoms with van der Waals surface area (Å²) in [4.78, 5) is 13.6. The highest BCUT2D eigenvalue weighted by atomic mass is 35.5. The van der Waals surface area contributed by atoms with Crippen LogP contribution in [0.2, 0.25) is 10.0 Å². The maximum absolute atomic E-state index is 12.7. The van der Waals surface area contributed by atoms with Gasteiger partial charge in [-0.2, -0.15) is 0 Å². The summed E-state index contributed by atoms with van der Waals surface area (Å²) in [7, 11) is 1.81. The van der Waals surface area contributed by atoms with Crippen LogP contribution >= 0.6 is 35.1 Å². The molecule has 0 spiro atoms. The first-order valence-corrected chi connectivity index (χ1v) is 9.56. The Morgan fingerprint density at radius 1 is 1.19 bits per heavy atom. The Bertz CT molecular complexity index is 858. The molecule has 0 radical (unpaired) electrons. The highest BCUT2D eigenvalue weighted by Gasteiger charge is 2.25. The van der Waals surface area contributed by atoms with Crippen molar-refractivity contribution < 1.29 is 9.90 Å². The summed E-state index contributed by atoms with van der Waals surface area (Å²) in [5.41, 5.74) is 2.07. The van der Waals surface area contributed by atoms with E-state index < -0.39 is 12.1 Å². The normalized spacial score (nSPS) is 15.7. The van der Waals surface area contributed by atoms with Gasteiger partial charge < -0.3 is 14.7 Å². The SMILES string of the molecule is C[C@H](NC(=O)C1=Cc2cc(Cl)c(Cl)cc2SN1C)C(O)c1ccccc1. The fourth-order valence-corrected chi connectivity index (χ4v) is 4.00. The van der Waals surface area contributed by atoms with Gasteiger partial charge in [0.05, 0.1) is 22.2 Å². The monoisotopic (exact) mass is 408 g/mol. The molecule has 0 bridgehead atoms. The minimum Gasteiger partial charge on any atom is -0.386 e. The molecule has 1 aliphatic heterocycles. The van der Waals surface area contributed by atoms with Gasteiger partial charge in [0.15, 0.2) is 0 Å². The summed E-state index contributed by atoms with van der Waals surface area (Å²) in [6.45, 7) is 1.77. The van der Waals surface area contributed by atoms with E-state index in [1.807, 2.05) is 30.3 Å². The second-order valence-electron chi connectivity index (χ2n) is 6.04. The number of hydrogen-bond donors (Lipinski definition) is 2. The molecule has 1 heterocycles. The average molecular weight is 409 g/mol. The summed E-state index contributed by atoms with van der Waals surface area (Å²) < 4.78 is 1.77. The van der Waals surface area contributed by atoms with Crippen LogP contribution in [0.15, 0.2) is 53.1 Å². The van der Waals surface area contributed by atoms with E-state index in [0.29, 0.717) is 15.7 Å². The fourth-order valence-electron chi connectivity index (χ4n) is 2.68. The Balaban J connectivity index is 1.78. The Hall–Kier alpha value is -1.66. The van der Waals surface area contributed by atoms with Crippen LogP contribution in [-0.4, -0.2) is 28.4 Å². The van der Waals surface area contributed by atoms with Crippen molar-refractivity contribution in [2.24, 2.45) is 0 Å². The molecule has 7 heteroatoms. The Labute approximate surface area is 166 Å². The Morgan fingerprint density at radius 2 is 1.85 bits per heavy atom. The van der Waals surface area contributed by atoms with Crippen LogP contribution in [0, 0.1) is 0 Å². The van der Waals surface area contributed by atoms with E-state index in [-0.39, 0.29) is 5.91 Å². The maximum Gasteiger partial charge on any atom is 0.268 e. The van der Waals surface area contributed by atoms with E-state index >= 15 is 0 Å². The molecule has 0 fully saturated rings. The summed E-state index contributed by atoms with van der Waals surface area (Å²) >= 11 is 13.5. The minimum atomic E-state index is -0.789. The predicted molar refractivity (Wildman–Crippen MR) is 107 cm³/mol. The number of aliphatic hydroxyl groups is 1. The van der Waals surface area contributed by atoms with Gasteiger partial charge in [-0.15, -0.1) is 0 Å². The maximum atomic E-state index is 12.7. The second kappa shape index (κ2) is 7.92. The Kier molecular flexibility index (Phi) is 5.82. The van der Waals surface area contributed by atoms with Gasteiger partial charge in [0.25, 0.3) is 5.91 Å². The fraction of sp³-hybridized carbons (Fsp3) is 0.211. The molecule has 1 amide bonds. The number of fused-ring (bicyclic) bond motifs is 1. The number of nitrogens with one attached hydrogen (secondary N) is 1. The molecule has 2 aromatic carbocycles. The van der Waals surface area contributed by atoms with Crippen molar-refractivity contribution in [3.63, 3.8) is 0 Å². The van der Waals surface area contributed by atoms with Crippen molar-refractivity contribution in [3.05, 3.63) is 69.3 Å². The van der Waals surface area contributed by atoms with Crippen molar-refractivity contribution in [1.82, 2.24) is 9.62 Å². The molecule has 1 unspecified atom stereocenters. The molecular weight excluding hydrogens is 391 g/mol. The third kappa shape index (κ3) is 4.01. The van der Waals surface area contributed by atoms with E-state index in [2.05, 4.69) is 5.32 Å². The van der Waals surface area contributed by atoms with Crippen LogP contribution in [0.1, 0.15) is 24.2 Å². The lowest BCUT2D eigenvalue weighted by molar-refractivity contribution is -0.119. The first-order valence-electron chi connectivity index (χ1n) is 8.03. The molecule has 2 aromatic rings. The first kappa shape index (κ1) is 19.1. The Morgan fingerprint density at radius 3 is 2.54 bits per heavy atom. The lowest BCUT2D eigenvalue weighted by atomic mass is 10.0. The smallest absolute Gasteiger partial charge is 0.268 e. The van der Waals surface area contributed by atoms with E-state index in [1.54, 1.807) is 36.5 Å². The second-order valence-corrected chi connectivity index (χ2v) is 8.02. The molecule has 136 valence electrons. The highest BCUT2D eigenvalue weighted by Crippen LogP contribution is 2.39. The van der Waals surface area contributed by atoms with Gasteiger partial charge in [0, 0.05) is 11.9 Å². The third-order valence-electron chi connectivity index (χ3n) is 4.13. The number of aliphatic hydroxyl groups excluding tert-OH is 1. The van der Waals surface area contributed by atoms with Gasteiger partial charge in [0.1, 0.15) is 5.70 Å². The molecule has 1 aliphatic rings. The van der Waals surface area contributed by atoms with Crippen LogP contribution < -0.4 is 5.32 Å². The quantitative estimate of drug-likeness (QED) is 0.729. The molecule has 26 heavy (non-hydrogen) atoms. The lowest BCUT2D eigenvalue weighted by Gasteiger charge is -2.28. The first-order chi connectivity index (χ1) is 12.4. The number of benzene rings is 2. The van der Waals surface area contributed by atoms with E-state index in [9.17, 15) is 9.90 Å². The molecule has 2 atom stereocenters. The standard InChI is InChI=1S/C19H18Cl2N2O2S/c1-11(18(24)12-6-4-3-5-7-12)22-19(25)16-9-13-8-14(20)15(21)10-17(13)26-23(16)2/h3-11,18,24H,1-2H3,(H,22,25)/t11-,18?/m0/s1. The zero-order valence-electron chi connectivity index (χ0n) is 14.2. The van der Waals surface area contributed by atoms with E-state index in [0.717, 1.165) is 16.0 Å². The average Bonchev–Trinajstić information content (AvgIpc) is 2.62. The molecule has 2 N–H and O–H groups in total. The number of nitrogens with zero attached hydrogens (tertiary/aromatic N) is 1. The summed E-state index contributed by atoms with van der Waals surface area (Å²) in [5, 5.41) is 14.2. The van der Waals surface area contributed by atoms with Crippen LogP contribution in [0.4, 0.5) is 0 Å². The lowest BCUT2D eigenvalue weighted by Crippen LogP contribution is -2.40. The number of carbonyl (C=O) groups excluding carboxylic acids is 1. The largest absolute Gasteiger partial charge is 0.386 e. The van der Waals surface area contributed by atoms with Crippen molar-refractivity contribution in [1.29, 1.82) is 0 Å². The van der Waals surface area contributed by atoms with Gasteiger partial charge in [-0.25, -0.2) is 0 Å². The zero-order chi connectivity index (χ0) is 18.8. The molecule has 0 aliphatic carbocycles. The molecule has 0 aromatic heterocycles. The number of likely N-dealkylation sites (N-methyl/N-ethyl adjacent to an activating group) is 1. The summed E-state index contributed by atoms with van der Waals surface area (Å²) in [6, 6.07) is 12.3. The zero-order valence-corrected chi connectivity index (χ0v) is 16.6. The molecule has 3 rings (SSSR count). The topological polar surface area (TPSA) is 52.6 Å². The highest BCUT2D eigenvalue weighted by molar-refractivity contribution is 7.97. The van der Waals surface area contributed by atoms with Crippen molar-refractivity contribution in [2.45, 2.75) is 24.0 Å². The van der Waals surface area contributed by atoms with E-state index in [1.165, 1.54) is 11.9 Å². The van der Waals surface area contributed by atoms with Gasteiger partial charge in [-0.3, -0.25) is 4.79 Å². The van der Waals surface area contributed by atoms with Gasteiger partial charge in [-0.1, -0.05) is 53.5 Å². The predicted octanol–water partition coefficient (Wildman–Crippen LogP) is 4.53. The number of halogens is 2. The van der Waals surface area contributed by atoms with Crippen molar-refractivity contribution in [2.75, 3.05) is 7.05 Å². The van der Waals surface area contributed by atoms with Crippen LogP contribution in [0.25, 0.3) is 6.08 Å². The number of hydrogen-bond acceptors (Lipinski definition) is 4. The van der Waals surface area contributed by atoms with Crippen LogP contribution in [0.5, 0.6) is 0 Å². The summed E-state index contributed by atoms with van der Waals surface area (Å²) in [6.07, 6.45) is 0.980.